The molecule has 0 saturated heterocycles. The molecule has 3 N–H and O–H groups in total. The highest BCUT2D eigenvalue weighted by atomic mass is 16.1. The van der Waals surface area contributed by atoms with Crippen molar-refractivity contribution in [2.45, 2.75) is 50.6 Å². The molecule has 2 rings (SSSR count). The highest BCUT2D eigenvalue weighted by Crippen LogP contribution is 2.28. The van der Waals surface area contributed by atoms with Gasteiger partial charge in [-0.2, -0.15) is 5.10 Å². The third-order valence-electron chi connectivity index (χ3n) is 3.45. The van der Waals surface area contributed by atoms with E-state index in [2.05, 4.69) is 15.4 Å². The first-order chi connectivity index (χ1) is 8.57. The lowest BCUT2D eigenvalue weighted by Gasteiger charge is -2.32. The minimum absolute atomic E-state index is 0.00754. The van der Waals surface area contributed by atoms with Gasteiger partial charge in [0.2, 0.25) is 5.91 Å². The summed E-state index contributed by atoms with van der Waals surface area (Å²) in [6.07, 6.45) is 7.41. The molecule has 0 aliphatic heterocycles. The number of nitrogens with zero attached hydrogens (tertiary/aromatic N) is 3. The van der Waals surface area contributed by atoms with Gasteiger partial charge < -0.3 is 11.1 Å². The zero-order chi connectivity index (χ0) is 13.0. The third-order valence-corrected chi connectivity index (χ3v) is 3.45. The zero-order valence-electron chi connectivity index (χ0n) is 10.9. The van der Waals surface area contributed by atoms with Crippen molar-refractivity contribution < 1.29 is 4.79 Å². The van der Waals surface area contributed by atoms with Crippen LogP contribution in [0.1, 0.15) is 44.3 Å². The van der Waals surface area contributed by atoms with Gasteiger partial charge in [-0.3, -0.25) is 9.48 Å². The summed E-state index contributed by atoms with van der Waals surface area (Å²) in [7, 11) is 1.80. The second-order valence-electron chi connectivity index (χ2n) is 5.21. The summed E-state index contributed by atoms with van der Waals surface area (Å²) >= 11 is 0. The maximum absolute atomic E-state index is 11.8. The van der Waals surface area contributed by atoms with Gasteiger partial charge in [0.25, 0.3) is 0 Å². The van der Waals surface area contributed by atoms with Crippen molar-refractivity contribution in [2.75, 3.05) is 0 Å². The van der Waals surface area contributed by atoms with E-state index in [1.807, 2.05) is 0 Å². The molecule has 1 aromatic heterocycles. The highest BCUT2D eigenvalue weighted by Gasteiger charge is 2.29. The predicted molar refractivity (Wildman–Crippen MR) is 67.5 cm³/mol. The molecule has 1 aliphatic rings. The van der Waals surface area contributed by atoms with Gasteiger partial charge in [-0.05, 0) is 12.8 Å². The first-order valence-electron chi connectivity index (χ1n) is 6.47. The molecule has 0 aromatic carbocycles. The molecule has 0 bridgehead atoms. The lowest BCUT2D eigenvalue weighted by molar-refractivity contribution is -0.122. The predicted octanol–water partition coefficient (Wildman–Crippen LogP) is 0.483. The number of rotatable bonds is 4. The Bertz CT molecular complexity index is 408. The van der Waals surface area contributed by atoms with Crippen LogP contribution in [0.5, 0.6) is 0 Å². The molecule has 0 atom stereocenters. The van der Waals surface area contributed by atoms with Crippen LogP contribution >= 0.6 is 0 Å². The molecule has 6 nitrogen and oxygen atoms in total. The monoisotopic (exact) mass is 251 g/mol. The lowest BCUT2D eigenvalue weighted by Crippen LogP contribution is -2.45. The van der Waals surface area contributed by atoms with Crippen LogP contribution in [0.15, 0.2) is 6.33 Å². The van der Waals surface area contributed by atoms with Crippen LogP contribution in [0.4, 0.5) is 0 Å². The summed E-state index contributed by atoms with van der Waals surface area (Å²) < 4.78 is 1.62. The number of carbonyl (C=O) groups excluding carboxylic acids is 1. The molecule has 0 radical (unpaired) electrons. The largest absolute Gasteiger partial charge is 0.349 e. The number of nitrogens with one attached hydrogen (secondary N) is 1. The molecule has 1 saturated carbocycles. The Balaban J connectivity index is 1.78. The van der Waals surface area contributed by atoms with Gasteiger partial charge >= 0.3 is 0 Å². The van der Waals surface area contributed by atoms with Crippen molar-refractivity contribution in [3.63, 3.8) is 0 Å². The first-order valence-corrected chi connectivity index (χ1v) is 6.47. The standard InChI is InChI=1S/C12H21N5O/c1-17-9-15-10(16-17)8-14-11(18)7-12(13)5-3-2-4-6-12/h9H,2-8,13H2,1H3,(H,14,18). The summed E-state index contributed by atoms with van der Waals surface area (Å²) in [5.41, 5.74) is 5.93. The number of amides is 1. The third kappa shape index (κ3) is 3.53. The van der Waals surface area contributed by atoms with Crippen molar-refractivity contribution in [2.24, 2.45) is 12.8 Å². The van der Waals surface area contributed by atoms with E-state index in [0.717, 1.165) is 25.7 Å². The van der Waals surface area contributed by atoms with E-state index >= 15 is 0 Å². The molecule has 0 spiro atoms. The number of carbonyl (C=O) groups is 1. The Labute approximate surface area is 107 Å². The Morgan fingerprint density at radius 1 is 1.50 bits per heavy atom. The fourth-order valence-electron chi connectivity index (χ4n) is 2.46. The van der Waals surface area contributed by atoms with Crippen molar-refractivity contribution in [1.82, 2.24) is 20.1 Å². The van der Waals surface area contributed by atoms with E-state index in [9.17, 15) is 4.79 Å². The van der Waals surface area contributed by atoms with E-state index in [0.29, 0.717) is 18.8 Å². The summed E-state index contributed by atoms with van der Waals surface area (Å²) in [6.45, 7) is 0.371. The Hall–Kier alpha value is -1.43. The molecule has 1 fully saturated rings. The summed E-state index contributed by atoms with van der Waals surface area (Å²) in [4.78, 5) is 15.9. The second-order valence-corrected chi connectivity index (χ2v) is 5.21. The summed E-state index contributed by atoms with van der Waals surface area (Å²) in [5.74, 6) is 0.618. The van der Waals surface area contributed by atoms with E-state index in [1.165, 1.54) is 6.42 Å². The lowest BCUT2D eigenvalue weighted by atomic mass is 9.80. The van der Waals surface area contributed by atoms with E-state index < -0.39 is 0 Å². The molecule has 6 heteroatoms. The molecular weight excluding hydrogens is 230 g/mol. The smallest absolute Gasteiger partial charge is 0.222 e. The van der Waals surface area contributed by atoms with Gasteiger partial charge in [0.05, 0.1) is 6.54 Å². The fraction of sp³-hybridized carbons (Fsp3) is 0.750. The Morgan fingerprint density at radius 3 is 2.83 bits per heavy atom. The number of hydrogen-bond acceptors (Lipinski definition) is 4. The normalized spacial score (nSPS) is 18.6. The second kappa shape index (κ2) is 5.48. The van der Waals surface area contributed by atoms with Crippen molar-refractivity contribution in [1.29, 1.82) is 0 Å². The minimum Gasteiger partial charge on any atom is -0.349 e. The number of hydrogen-bond donors (Lipinski definition) is 2. The molecule has 1 heterocycles. The first kappa shape index (κ1) is 13.0. The summed E-state index contributed by atoms with van der Waals surface area (Å²) in [6, 6.07) is 0. The van der Waals surface area contributed by atoms with Crippen LogP contribution in [0.3, 0.4) is 0 Å². The van der Waals surface area contributed by atoms with Gasteiger partial charge in [0, 0.05) is 19.0 Å². The number of aryl methyl sites for hydroxylation is 1. The average molecular weight is 251 g/mol. The maximum atomic E-state index is 11.8. The van der Waals surface area contributed by atoms with E-state index in [1.54, 1.807) is 18.1 Å². The van der Waals surface area contributed by atoms with Crippen LogP contribution in [-0.4, -0.2) is 26.2 Å². The summed E-state index contributed by atoms with van der Waals surface area (Å²) in [5, 5.41) is 6.93. The molecule has 18 heavy (non-hydrogen) atoms. The van der Waals surface area contributed by atoms with Gasteiger partial charge in [-0.25, -0.2) is 4.98 Å². The number of nitrogens with two attached hydrogens (primary N) is 1. The zero-order valence-corrected chi connectivity index (χ0v) is 10.9. The maximum Gasteiger partial charge on any atom is 0.222 e. The average Bonchev–Trinajstić information content (AvgIpc) is 2.73. The van der Waals surface area contributed by atoms with Crippen LogP contribution < -0.4 is 11.1 Å². The van der Waals surface area contributed by atoms with Crippen LogP contribution in [0.25, 0.3) is 0 Å². The highest BCUT2D eigenvalue weighted by molar-refractivity contribution is 5.77. The molecule has 1 amide bonds. The van der Waals surface area contributed by atoms with Gasteiger partial charge in [0.1, 0.15) is 6.33 Å². The quantitative estimate of drug-likeness (QED) is 0.815. The van der Waals surface area contributed by atoms with Crippen LogP contribution in [0, 0.1) is 0 Å². The van der Waals surface area contributed by atoms with Crippen molar-refractivity contribution in [3.8, 4) is 0 Å². The van der Waals surface area contributed by atoms with Crippen molar-refractivity contribution >= 4 is 5.91 Å². The van der Waals surface area contributed by atoms with E-state index in [4.69, 9.17) is 5.73 Å². The fourth-order valence-corrected chi connectivity index (χ4v) is 2.46. The number of aromatic nitrogens is 3. The van der Waals surface area contributed by atoms with Crippen LogP contribution in [-0.2, 0) is 18.4 Å². The van der Waals surface area contributed by atoms with E-state index in [-0.39, 0.29) is 11.4 Å². The molecule has 1 aliphatic carbocycles. The molecule has 1 aromatic rings. The molecule has 100 valence electrons. The molecule has 0 unspecified atom stereocenters. The molecular formula is C12H21N5O. The van der Waals surface area contributed by atoms with Gasteiger partial charge in [-0.15, -0.1) is 0 Å². The van der Waals surface area contributed by atoms with Crippen molar-refractivity contribution in [3.05, 3.63) is 12.2 Å². The Morgan fingerprint density at radius 2 is 2.22 bits per heavy atom. The van der Waals surface area contributed by atoms with Gasteiger partial charge in [-0.1, -0.05) is 19.3 Å². The SMILES string of the molecule is Cn1cnc(CNC(=O)CC2(N)CCCCC2)n1. The van der Waals surface area contributed by atoms with Crippen LogP contribution in [0.2, 0.25) is 0 Å². The topological polar surface area (TPSA) is 85.8 Å². The van der Waals surface area contributed by atoms with Gasteiger partial charge in [0.15, 0.2) is 5.82 Å². The minimum atomic E-state index is -0.306. The Kier molecular flexibility index (Phi) is 3.96.